The van der Waals surface area contributed by atoms with Crippen molar-refractivity contribution in [3.05, 3.63) is 64.5 Å². The number of benzene rings is 2. The predicted octanol–water partition coefficient (Wildman–Crippen LogP) is 6.07. The van der Waals surface area contributed by atoms with Gasteiger partial charge in [0, 0.05) is 17.7 Å². The van der Waals surface area contributed by atoms with Crippen molar-refractivity contribution < 1.29 is 14.0 Å². The molecule has 3 rings (SSSR count). The fraction of sp³-hybridized carbons (Fsp3) is 0.440. The van der Waals surface area contributed by atoms with Gasteiger partial charge in [-0.3, -0.25) is 9.59 Å². The smallest absolute Gasteiger partial charge is 0.148 e. The lowest BCUT2D eigenvalue weighted by molar-refractivity contribution is -0.133. The highest BCUT2D eigenvalue weighted by Gasteiger charge is 2.38. The van der Waals surface area contributed by atoms with Crippen molar-refractivity contribution in [3.63, 3.8) is 0 Å². The molecular formula is C25H29FO2S. The van der Waals surface area contributed by atoms with E-state index in [1.54, 1.807) is 23.9 Å². The molecule has 0 radical (unpaired) electrons. The maximum Gasteiger partial charge on any atom is 0.148 e. The summed E-state index contributed by atoms with van der Waals surface area (Å²) in [5.74, 6) is 0.267. The van der Waals surface area contributed by atoms with Crippen LogP contribution in [0.3, 0.4) is 0 Å². The number of thioether (sulfide) groups is 1. The highest BCUT2D eigenvalue weighted by atomic mass is 32.2. The van der Waals surface area contributed by atoms with Crippen LogP contribution in [-0.2, 0) is 22.4 Å². The molecule has 0 N–H and O–H groups in total. The molecule has 2 nitrogen and oxygen atoms in total. The molecule has 154 valence electrons. The van der Waals surface area contributed by atoms with E-state index in [2.05, 4.69) is 32.9 Å². The number of ketones is 2. The normalized spacial score (nSPS) is 19.6. The lowest BCUT2D eigenvalue weighted by atomic mass is 9.73. The van der Waals surface area contributed by atoms with Crippen LogP contribution >= 0.6 is 11.8 Å². The quantitative estimate of drug-likeness (QED) is 0.409. The molecule has 0 saturated heterocycles. The lowest BCUT2D eigenvalue weighted by Gasteiger charge is -2.29. The minimum atomic E-state index is -0.582. The number of hydrogen-bond donors (Lipinski definition) is 0. The summed E-state index contributed by atoms with van der Waals surface area (Å²) in [7, 11) is 0. The Labute approximate surface area is 177 Å². The predicted molar refractivity (Wildman–Crippen MR) is 117 cm³/mol. The number of hydrogen-bond acceptors (Lipinski definition) is 3. The van der Waals surface area contributed by atoms with Crippen LogP contribution in [0.1, 0.15) is 61.3 Å². The summed E-state index contributed by atoms with van der Waals surface area (Å²) in [6.45, 7) is 6.25. The Kier molecular flexibility index (Phi) is 7.28. The second-order valence-electron chi connectivity index (χ2n) is 7.93. The van der Waals surface area contributed by atoms with Crippen molar-refractivity contribution in [3.8, 4) is 0 Å². The van der Waals surface area contributed by atoms with Crippen molar-refractivity contribution in [2.45, 2.75) is 63.7 Å². The van der Waals surface area contributed by atoms with E-state index < -0.39 is 5.92 Å². The van der Waals surface area contributed by atoms with Crippen LogP contribution in [0.2, 0.25) is 0 Å². The van der Waals surface area contributed by atoms with Crippen LogP contribution in [0.4, 0.5) is 4.39 Å². The average molecular weight is 413 g/mol. The maximum absolute atomic E-state index is 13.0. The molecule has 0 spiro atoms. The maximum atomic E-state index is 13.0. The minimum Gasteiger partial charge on any atom is -0.299 e. The number of carbonyl (C=O) groups is 2. The van der Waals surface area contributed by atoms with Gasteiger partial charge in [0.1, 0.15) is 23.3 Å². The van der Waals surface area contributed by atoms with E-state index in [0.29, 0.717) is 12.8 Å². The van der Waals surface area contributed by atoms with Crippen LogP contribution in [0.25, 0.3) is 0 Å². The monoisotopic (exact) mass is 412 g/mol. The van der Waals surface area contributed by atoms with E-state index >= 15 is 0 Å². The highest BCUT2D eigenvalue weighted by Crippen LogP contribution is 2.37. The van der Waals surface area contributed by atoms with E-state index in [-0.39, 0.29) is 23.3 Å². The number of halogens is 1. The molecule has 0 aliphatic heterocycles. The van der Waals surface area contributed by atoms with Crippen LogP contribution < -0.4 is 0 Å². The topological polar surface area (TPSA) is 34.1 Å². The van der Waals surface area contributed by atoms with Gasteiger partial charge in [-0.15, -0.1) is 11.8 Å². The third kappa shape index (κ3) is 5.16. The third-order valence-corrected chi connectivity index (χ3v) is 6.82. The Balaban J connectivity index is 1.68. The summed E-state index contributed by atoms with van der Waals surface area (Å²) in [5, 5.41) is 0. The van der Waals surface area contributed by atoms with Crippen molar-refractivity contribution in [2.75, 3.05) is 5.75 Å². The summed E-state index contributed by atoms with van der Waals surface area (Å²) in [4.78, 5) is 27.1. The zero-order chi connectivity index (χ0) is 21.0. The Hall–Kier alpha value is -1.94. The lowest BCUT2D eigenvalue weighted by Crippen LogP contribution is -2.33. The fourth-order valence-corrected chi connectivity index (χ4v) is 5.38. The molecule has 0 bridgehead atoms. The van der Waals surface area contributed by atoms with Crippen molar-refractivity contribution >= 4 is 23.3 Å². The molecule has 1 aliphatic rings. The highest BCUT2D eigenvalue weighted by molar-refractivity contribution is 7.99. The summed E-state index contributed by atoms with van der Waals surface area (Å²) >= 11 is 1.65. The first-order valence-corrected chi connectivity index (χ1v) is 11.5. The van der Waals surface area contributed by atoms with Gasteiger partial charge in [-0.1, -0.05) is 31.5 Å². The fourth-order valence-electron chi connectivity index (χ4n) is 4.37. The van der Waals surface area contributed by atoms with Gasteiger partial charge in [-0.2, -0.15) is 0 Å². The van der Waals surface area contributed by atoms with E-state index in [1.807, 2.05) is 0 Å². The van der Waals surface area contributed by atoms with Gasteiger partial charge >= 0.3 is 0 Å². The van der Waals surface area contributed by atoms with Crippen LogP contribution in [-0.4, -0.2) is 17.3 Å². The summed E-state index contributed by atoms with van der Waals surface area (Å²) in [6, 6.07) is 10.7. The molecule has 29 heavy (non-hydrogen) atoms. The summed E-state index contributed by atoms with van der Waals surface area (Å²) in [6.07, 6.45) is 3.43. The Morgan fingerprint density at radius 3 is 2.03 bits per heavy atom. The van der Waals surface area contributed by atoms with E-state index in [4.69, 9.17) is 0 Å². The molecule has 0 amide bonds. The van der Waals surface area contributed by atoms with Crippen LogP contribution in [0.5, 0.6) is 0 Å². The molecule has 4 heteroatoms. The number of rotatable bonds is 7. The van der Waals surface area contributed by atoms with Gasteiger partial charge < -0.3 is 0 Å². The molecule has 1 saturated carbocycles. The van der Waals surface area contributed by atoms with Crippen LogP contribution in [0, 0.1) is 18.7 Å². The second kappa shape index (κ2) is 9.71. The van der Waals surface area contributed by atoms with Gasteiger partial charge in [0.15, 0.2) is 0 Å². The Bertz CT molecular complexity index is 845. The second-order valence-corrected chi connectivity index (χ2v) is 9.10. The van der Waals surface area contributed by atoms with E-state index in [1.165, 1.54) is 17.7 Å². The molecule has 2 aromatic carbocycles. The van der Waals surface area contributed by atoms with E-state index in [9.17, 15) is 14.0 Å². The summed E-state index contributed by atoms with van der Waals surface area (Å²) < 4.78 is 13.0. The van der Waals surface area contributed by atoms with Gasteiger partial charge in [0.2, 0.25) is 0 Å². The van der Waals surface area contributed by atoms with Gasteiger partial charge in [-0.25, -0.2) is 4.39 Å². The van der Waals surface area contributed by atoms with Gasteiger partial charge in [0.25, 0.3) is 0 Å². The van der Waals surface area contributed by atoms with Gasteiger partial charge in [-0.05, 0) is 78.8 Å². The number of carbonyl (C=O) groups excluding carboxylic acids is 2. The van der Waals surface area contributed by atoms with E-state index in [0.717, 1.165) is 46.6 Å². The Morgan fingerprint density at radius 2 is 1.52 bits per heavy atom. The molecule has 0 heterocycles. The number of aryl methyl sites for hydroxylation is 3. The first kappa shape index (κ1) is 21.8. The Morgan fingerprint density at radius 1 is 0.966 bits per heavy atom. The first-order valence-electron chi connectivity index (χ1n) is 10.5. The molecule has 0 aromatic heterocycles. The summed E-state index contributed by atoms with van der Waals surface area (Å²) in [5.41, 5.74) is 4.45. The molecule has 0 atom stereocenters. The van der Waals surface area contributed by atoms with Gasteiger partial charge in [0.05, 0.1) is 0 Å². The van der Waals surface area contributed by atoms with Crippen LogP contribution in [0.15, 0.2) is 41.3 Å². The molecule has 1 aliphatic carbocycles. The zero-order valence-corrected chi connectivity index (χ0v) is 18.3. The van der Waals surface area contributed by atoms with Crippen molar-refractivity contribution in [1.82, 2.24) is 0 Å². The average Bonchev–Trinajstić information content (AvgIpc) is 2.69. The SMILES string of the molecule is CCc1cc(C)cc(CC)c1C1C(=O)CC(CCSc2ccc(F)cc2)CC1=O. The molecule has 2 aromatic rings. The standard InChI is InChI=1S/C25H29FO2S/c1-4-18-12-16(3)13-19(5-2)24(18)25-22(27)14-17(15-23(25)28)10-11-29-21-8-6-20(26)7-9-21/h6-9,12-13,17,25H,4-5,10-11,14-15H2,1-3H3. The third-order valence-electron chi connectivity index (χ3n) is 5.78. The van der Waals surface area contributed by atoms with Crippen molar-refractivity contribution in [1.29, 1.82) is 0 Å². The molecular weight excluding hydrogens is 383 g/mol. The van der Waals surface area contributed by atoms with Crippen molar-refractivity contribution in [2.24, 2.45) is 5.92 Å². The zero-order valence-electron chi connectivity index (χ0n) is 17.5. The largest absolute Gasteiger partial charge is 0.299 e. The minimum absolute atomic E-state index is 0.0753. The molecule has 0 unspecified atom stereocenters. The first-order chi connectivity index (χ1) is 13.9. The molecule has 1 fully saturated rings. The number of Topliss-reactive ketones (excluding diaryl/α,β-unsaturated/α-hetero) is 2.